The maximum atomic E-state index is 11.3. The van der Waals surface area contributed by atoms with E-state index < -0.39 is 6.04 Å². The first-order valence-corrected chi connectivity index (χ1v) is 5.22. The number of esters is 1. The molecule has 0 saturated carbocycles. The smallest absolute Gasteiger partial charge is 0.323 e. The predicted octanol–water partition coefficient (Wildman–Crippen LogP) is 1.48. The molecule has 2 N–H and O–H groups in total. The van der Waals surface area contributed by atoms with Crippen molar-refractivity contribution < 1.29 is 14.3 Å². The van der Waals surface area contributed by atoms with Gasteiger partial charge in [0.05, 0.1) is 7.11 Å². The van der Waals surface area contributed by atoms with E-state index in [0.29, 0.717) is 6.42 Å². The fourth-order valence-electron chi connectivity index (χ4n) is 1.15. The van der Waals surface area contributed by atoms with Crippen molar-refractivity contribution in [2.45, 2.75) is 26.0 Å². The average molecular weight is 223 g/mol. The highest BCUT2D eigenvalue weighted by Gasteiger charge is 2.12. The van der Waals surface area contributed by atoms with E-state index in [-0.39, 0.29) is 12.6 Å². The van der Waals surface area contributed by atoms with Gasteiger partial charge in [-0.05, 0) is 24.1 Å². The maximum Gasteiger partial charge on any atom is 0.323 e. The predicted molar refractivity (Wildman–Crippen MR) is 61.1 cm³/mol. The third-order valence-corrected chi connectivity index (χ3v) is 2.28. The topological polar surface area (TPSA) is 61.6 Å². The summed E-state index contributed by atoms with van der Waals surface area (Å²) in [5.74, 6) is 0.415. The van der Waals surface area contributed by atoms with E-state index in [0.717, 1.165) is 11.3 Å². The summed E-state index contributed by atoms with van der Waals surface area (Å²) in [6, 6.07) is 6.82. The van der Waals surface area contributed by atoms with E-state index in [1.54, 1.807) is 7.11 Å². The zero-order chi connectivity index (χ0) is 12.0. The van der Waals surface area contributed by atoms with Crippen molar-refractivity contribution in [3.63, 3.8) is 0 Å². The second-order valence-corrected chi connectivity index (χ2v) is 3.47. The number of benzene rings is 1. The Balaban J connectivity index is 2.45. The van der Waals surface area contributed by atoms with Gasteiger partial charge in [0.15, 0.2) is 0 Å². The van der Waals surface area contributed by atoms with Gasteiger partial charge in [-0.2, -0.15) is 0 Å². The molecule has 0 heterocycles. The van der Waals surface area contributed by atoms with Crippen molar-refractivity contribution in [2.24, 2.45) is 5.73 Å². The second-order valence-electron chi connectivity index (χ2n) is 3.47. The van der Waals surface area contributed by atoms with E-state index in [2.05, 4.69) is 0 Å². The molecule has 0 spiro atoms. The molecule has 4 nitrogen and oxygen atoms in total. The molecule has 16 heavy (non-hydrogen) atoms. The summed E-state index contributed by atoms with van der Waals surface area (Å²) in [5.41, 5.74) is 6.45. The molecular formula is C12H17NO3. The van der Waals surface area contributed by atoms with Crippen LogP contribution >= 0.6 is 0 Å². The number of hydrogen-bond acceptors (Lipinski definition) is 4. The highest BCUT2D eigenvalue weighted by molar-refractivity contribution is 5.75. The van der Waals surface area contributed by atoms with E-state index in [4.69, 9.17) is 15.2 Å². The van der Waals surface area contributed by atoms with Crippen LogP contribution in [0.2, 0.25) is 0 Å². The molecule has 1 aromatic rings. The Kier molecular flexibility index (Phi) is 4.79. The normalized spacial score (nSPS) is 11.9. The summed E-state index contributed by atoms with van der Waals surface area (Å²) in [7, 11) is 1.61. The van der Waals surface area contributed by atoms with Crippen molar-refractivity contribution in [3.05, 3.63) is 29.8 Å². The quantitative estimate of drug-likeness (QED) is 0.768. The molecule has 0 fully saturated rings. The molecule has 0 saturated heterocycles. The first-order chi connectivity index (χ1) is 7.67. The van der Waals surface area contributed by atoms with Crippen LogP contribution in [0.3, 0.4) is 0 Å². The van der Waals surface area contributed by atoms with Crippen molar-refractivity contribution in [2.75, 3.05) is 7.11 Å². The fourth-order valence-corrected chi connectivity index (χ4v) is 1.15. The molecule has 88 valence electrons. The molecule has 0 unspecified atom stereocenters. The second kappa shape index (κ2) is 6.12. The lowest BCUT2D eigenvalue weighted by atomic mass is 10.2. The van der Waals surface area contributed by atoms with Gasteiger partial charge in [0, 0.05) is 0 Å². The Morgan fingerprint density at radius 1 is 1.38 bits per heavy atom. The van der Waals surface area contributed by atoms with E-state index in [9.17, 15) is 4.79 Å². The van der Waals surface area contributed by atoms with Gasteiger partial charge in [-0.1, -0.05) is 19.1 Å². The van der Waals surface area contributed by atoms with Crippen molar-refractivity contribution >= 4 is 5.97 Å². The van der Waals surface area contributed by atoms with E-state index in [1.165, 1.54) is 0 Å². The number of carbonyl (C=O) groups is 1. The van der Waals surface area contributed by atoms with Crippen molar-refractivity contribution in [1.82, 2.24) is 0 Å². The minimum atomic E-state index is -0.529. The van der Waals surface area contributed by atoms with Gasteiger partial charge in [-0.15, -0.1) is 0 Å². The van der Waals surface area contributed by atoms with E-state index >= 15 is 0 Å². The first kappa shape index (κ1) is 12.5. The Labute approximate surface area is 95.3 Å². The summed E-state index contributed by atoms with van der Waals surface area (Å²) in [6.07, 6.45) is 0.585. The Morgan fingerprint density at radius 2 is 2.00 bits per heavy atom. The van der Waals surface area contributed by atoms with Crippen LogP contribution in [0.15, 0.2) is 24.3 Å². The fraction of sp³-hybridized carbons (Fsp3) is 0.417. The number of hydrogen-bond donors (Lipinski definition) is 1. The molecule has 0 radical (unpaired) electrons. The maximum absolute atomic E-state index is 11.3. The third-order valence-electron chi connectivity index (χ3n) is 2.28. The molecule has 1 atom stereocenters. The lowest BCUT2D eigenvalue weighted by Gasteiger charge is -2.09. The van der Waals surface area contributed by atoms with Gasteiger partial charge in [-0.3, -0.25) is 4.79 Å². The van der Waals surface area contributed by atoms with Crippen molar-refractivity contribution in [3.8, 4) is 5.75 Å². The van der Waals surface area contributed by atoms with Gasteiger partial charge in [0.1, 0.15) is 18.4 Å². The molecule has 0 aliphatic rings. The molecule has 0 aliphatic heterocycles. The standard InChI is InChI=1S/C12H17NO3/c1-3-11(13)12(14)16-8-9-4-6-10(15-2)7-5-9/h4-7,11H,3,8,13H2,1-2H3/t11-/m1/s1. The minimum absolute atomic E-state index is 0.247. The summed E-state index contributed by atoms with van der Waals surface area (Å²) >= 11 is 0. The van der Waals surface area contributed by atoms with Crippen LogP contribution in [0.4, 0.5) is 0 Å². The molecular weight excluding hydrogens is 206 g/mol. The molecule has 1 rings (SSSR count). The first-order valence-electron chi connectivity index (χ1n) is 5.22. The number of methoxy groups -OCH3 is 1. The zero-order valence-electron chi connectivity index (χ0n) is 9.60. The van der Waals surface area contributed by atoms with Crippen LogP contribution < -0.4 is 10.5 Å². The van der Waals surface area contributed by atoms with Crippen LogP contribution in [-0.2, 0) is 16.1 Å². The largest absolute Gasteiger partial charge is 0.497 e. The lowest BCUT2D eigenvalue weighted by molar-refractivity contribution is -0.146. The number of nitrogens with two attached hydrogens (primary N) is 1. The summed E-state index contributed by atoms with van der Waals surface area (Å²) < 4.78 is 10.1. The highest BCUT2D eigenvalue weighted by Crippen LogP contribution is 2.12. The zero-order valence-corrected chi connectivity index (χ0v) is 9.60. The highest BCUT2D eigenvalue weighted by atomic mass is 16.5. The van der Waals surface area contributed by atoms with Gasteiger partial charge in [0.25, 0.3) is 0 Å². The SMILES string of the molecule is CC[C@@H](N)C(=O)OCc1ccc(OC)cc1. The monoisotopic (exact) mass is 223 g/mol. The molecule has 4 heteroatoms. The molecule has 0 amide bonds. The third kappa shape index (κ3) is 3.55. The van der Waals surface area contributed by atoms with Crippen LogP contribution in [0.5, 0.6) is 5.75 Å². The molecule has 1 aromatic carbocycles. The van der Waals surface area contributed by atoms with Crippen LogP contribution in [0, 0.1) is 0 Å². The van der Waals surface area contributed by atoms with Gasteiger partial charge in [0.2, 0.25) is 0 Å². The van der Waals surface area contributed by atoms with Crippen LogP contribution in [-0.4, -0.2) is 19.1 Å². The Hall–Kier alpha value is -1.55. The summed E-state index contributed by atoms with van der Waals surface area (Å²) in [5, 5.41) is 0. The summed E-state index contributed by atoms with van der Waals surface area (Å²) in [6.45, 7) is 2.09. The number of carbonyl (C=O) groups excluding carboxylic acids is 1. The van der Waals surface area contributed by atoms with Crippen LogP contribution in [0.1, 0.15) is 18.9 Å². The Morgan fingerprint density at radius 3 is 2.50 bits per heavy atom. The minimum Gasteiger partial charge on any atom is -0.497 e. The Bertz CT molecular complexity index is 335. The molecule has 0 aromatic heterocycles. The lowest BCUT2D eigenvalue weighted by Crippen LogP contribution is -2.31. The number of rotatable bonds is 5. The summed E-state index contributed by atoms with van der Waals surface area (Å²) in [4.78, 5) is 11.3. The molecule has 0 bridgehead atoms. The van der Waals surface area contributed by atoms with Gasteiger partial charge in [-0.25, -0.2) is 0 Å². The van der Waals surface area contributed by atoms with Crippen LogP contribution in [0.25, 0.3) is 0 Å². The van der Waals surface area contributed by atoms with Gasteiger partial charge >= 0.3 is 5.97 Å². The van der Waals surface area contributed by atoms with Gasteiger partial charge < -0.3 is 15.2 Å². The average Bonchev–Trinajstić information content (AvgIpc) is 2.35. The molecule has 0 aliphatic carbocycles. The van der Waals surface area contributed by atoms with E-state index in [1.807, 2.05) is 31.2 Å². The van der Waals surface area contributed by atoms with Crippen molar-refractivity contribution in [1.29, 1.82) is 0 Å². The number of ether oxygens (including phenoxy) is 2.